The maximum atomic E-state index is 9.71. The zero-order valence-corrected chi connectivity index (χ0v) is 11.1. The van der Waals surface area contributed by atoms with Crippen LogP contribution in [0.15, 0.2) is 0 Å². The standard InChI is InChI=1S/C13H28N2O/c1-4-13(5-2,9-14)10-15-7-6-12(16)11(3)8-15/h11-12,16H,4-10,14H2,1-3H3. The Morgan fingerprint density at radius 3 is 2.44 bits per heavy atom. The molecule has 3 N–H and O–H groups in total. The normalized spacial score (nSPS) is 28.3. The minimum Gasteiger partial charge on any atom is -0.393 e. The van der Waals surface area contributed by atoms with Gasteiger partial charge >= 0.3 is 0 Å². The predicted molar refractivity (Wildman–Crippen MR) is 68.3 cm³/mol. The summed E-state index contributed by atoms with van der Waals surface area (Å²) < 4.78 is 0. The summed E-state index contributed by atoms with van der Waals surface area (Å²) in [6.45, 7) is 10.5. The van der Waals surface area contributed by atoms with Crippen molar-refractivity contribution >= 4 is 0 Å². The van der Waals surface area contributed by atoms with Gasteiger partial charge in [-0.15, -0.1) is 0 Å². The van der Waals surface area contributed by atoms with Gasteiger partial charge in [-0.1, -0.05) is 20.8 Å². The lowest BCUT2D eigenvalue weighted by Crippen LogP contribution is -2.48. The number of likely N-dealkylation sites (tertiary alicyclic amines) is 1. The van der Waals surface area contributed by atoms with Crippen LogP contribution in [-0.2, 0) is 0 Å². The van der Waals surface area contributed by atoms with E-state index >= 15 is 0 Å². The first-order valence-electron chi connectivity index (χ1n) is 6.67. The molecule has 1 rings (SSSR count). The van der Waals surface area contributed by atoms with Crippen molar-refractivity contribution in [2.75, 3.05) is 26.2 Å². The molecular formula is C13H28N2O. The van der Waals surface area contributed by atoms with Crippen LogP contribution in [0.3, 0.4) is 0 Å². The molecule has 1 saturated heterocycles. The molecule has 0 bridgehead atoms. The van der Waals surface area contributed by atoms with E-state index in [-0.39, 0.29) is 11.5 Å². The Balaban J connectivity index is 2.53. The Kier molecular flexibility index (Phi) is 5.22. The summed E-state index contributed by atoms with van der Waals surface area (Å²) in [6.07, 6.45) is 3.10. The topological polar surface area (TPSA) is 49.5 Å². The first-order chi connectivity index (χ1) is 7.56. The number of nitrogens with two attached hydrogens (primary N) is 1. The monoisotopic (exact) mass is 228 g/mol. The summed E-state index contributed by atoms with van der Waals surface area (Å²) in [5.41, 5.74) is 6.21. The van der Waals surface area contributed by atoms with Gasteiger partial charge in [-0.2, -0.15) is 0 Å². The summed E-state index contributed by atoms with van der Waals surface area (Å²) >= 11 is 0. The highest BCUT2D eigenvalue weighted by atomic mass is 16.3. The average molecular weight is 228 g/mol. The number of nitrogens with zero attached hydrogens (tertiary/aromatic N) is 1. The van der Waals surface area contributed by atoms with Crippen molar-refractivity contribution in [3.8, 4) is 0 Å². The summed E-state index contributed by atoms with van der Waals surface area (Å²) in [7, 11) is 0. The van der Waals surface area contributed by atoms with Crippen LogP contribution in [0.1, 0.15) is 40.0 Å². The Hall–Kier alpha value is -0.120. The average Bonchev–Trinajstić information content (AvgIpc) is 2.31. The molecule has 0 radical (unpaired) electrons. The molecule has 0 aromatic carbocycles. The number of hydrogen-bond acceptors (Lipinski definition) is 3. The van der Waals surface area contributed by atoms with Crippen LogP contribution >= 0.6 is 0 Å². The minimum absolute atomic E-state index is 0.105. The third-order valence-electron chi connectivity index (χ3n) is 4.44. The van der Waals surface area contributed by atoms with Gasteiger partial charge in [-0.3, -0.25) is 0 Å². The number of aliphatic hydroxyl groups is 1. The van der Waals surface area contributed by atoms with E-state index in [0.717, 1.165) is 45.4 Å². The van der Waals surface area contributed by atoms with Crippen LogP contribution in [0.25, 0.3) is 0 Å². The van der Waals surface area contributed by atoms with Gasteiger partial charge in [0.25, 0.3) is 0 Å². The second-order valence-corrected chi connectivity index (χ2v) is 5.48. The molecule has 0 saturated carbocycles. The van der Waals surface area contributed by atoms with E-state index in [0.29, 0.717) is 5.92 Å². The summed E-state index contributed by atoms with van der Waals surface area (Å²) in [5.74, 6) is 0.401. The van der Waals surface area contributed by atoms with Crippen LogP contribution in [-0.4, -0.2) is 42.3 Å². The Morgan fingerprint density at radius 1 is 1.38 bits per heavy atom. The molecule has 1 fully saturated rings. The predicted octanol–water partition coefficient (Wildman–Crippen LogP) is 1.45. The second-order valence-electron chi connectivity index (χ2n) is 5.48. The number of aliphatic hydroxyl groups excluding tert-OH is 1. The van der Waals surface area contributed by atoms with Gasteiger partial charge in [0.2, 0.25) is 0 Å². The van der Waals surface area contributed by atoms with E-state index in [9.17, 15) is 5.11 Å². The zero-order valence-electron chi connectivity index (χ0n) is 11.1. The molecule has 2 atom stereocenters. The lowest BCUT2D eigenvalue weighted by Gasteiger charge is -2.41. The molecule has 1 aliphatic rings. The van der Waals surface area contributed by atoms with Crippen LogP contribution in [0.5, 0.6) is 0 Å². The fraction of sp³-hybridized carbons (Fsp3) is 1.00. The largest absolute Gasteiger partial charge is 0.393 e. The van der Waals surface area contributed by atoms with Crippen LogP contribution < -0.4 is 5.73 Å². The number of rotatable bonds is 5. The maximum Gasteiger partial charge on any atom is 0.0590 e. The van der Waals surface area contributed by atoms with E-state index in [1.54, 1.807) is 0 Å². The summed E-state index contributed by atoms with van der Waals surface area (Å²) in [5, 5.41) is 9.71. The molecular weight excluding hydrogens is 200 g/mol. The Labute approximate surface area is 100 Å². The molecule has 16 heavy (non-hydrogen) atoms. The first kappa shape index (κ1) is 13.9. The highest BCUT2D eigenvalue weighted by molar-refractivity contribution is 4.85. The molecule has 0 aromatic rings. The van der Waals surface area contributed by atoms with Crippen LogP contribution in [0, 0.1) is 11.3 Å². The van der Waals surface area contributed by atoms with Crippen molar-refractivity contribution in [1.29, 1.82) is 0 Å². The van der Waals surface area contributed by atoms with E-state index < -0.39 is 0 Å². The first-order valence-corrected chi connectivity index (χ1v) is 6.67. The van der Waals surface area contributed by atoms with Crippen molar-refractivity contribution in [3.63, 3.8) is 0 Å². The van der Waals surface area contributed by atoms with Crippen molar-refractivity contribution in [2.45, 2.75) is 46.1 Å². The van der Waals surface area contributed by atoms with Gasteiger partial charge in [-0.25, -0.2) is 0 Å². The van der Waals surface area contributed by atoms with Gasteiger partial charge in [0.05, 0.1) is 6.10 Å². The lowest BCUT2D eigenvalue weighted by atomic mass is 9.81. The quantitative estimate of drug-likeness (QED) is 0.749. The van der Waals surface area contributed by atoms with Crippen molar-refractivity contribution in [2.24, 2.45) is 17.1 Å². The Bertz CT molecular complexity index is 196. The van der Waals surface area contributed by atoms with E-state index in [1.807, 2.05) is 0 Å². The molecule has 1 heterocycles. The summed E-state index contributed by atoms with van der Waals surface area (Å²) in [6, 6.07) is 0. The second kappa shape index (κ2) is 5.99. The fourth-order valence-corrected chi connectivity index (χ4v) is 2.66. The van der Waals surface area contributed by atoms with Crippen molar-refractivity contribution in [1.82, 2.24) is 4.90 Å². The zero-order chi connectivity index (χ0) is 12.2. The fourth-order valence-electron chi connectivity index (χ4n) is 2.66. The van der Waals surface area contributed by atoms with Gasteiger partial charge in [0.1, 0.15) is 0 Å². The molecule has 1 aliphatic heterocycles. The van der Waals surface area contributed by atoms with E-state index in [2.05, 4.69) is 25.7 Å². The van der Waals surface area contributed by atoms with Gasteiger partial charge in [-0.05, 0) is 37.1 Å². The lowest BCUT2D eigenvalue weighted by molar-refractivity contribution is 0.0158. The highest BCUT2D eigenvalue weighted by Gasteiger charge is 2.31. The molecule has 0 spiro atoms. The van der Waals surface area contributed by atoms with Gasteiger partial charge < -0.3 is 15.7 Å². The van der Waals surface area contributed by atoms with E-state index in [1.165, 1.54) is 0 Å². The third-order valence-corrected chi connectivity index (χ3v) is 4.44. The molecule has 96 valence electrons. The van der Waals surface area contributed by atoms with Crippen molar-refractivity contribution < 1.29 is 5.11 Å². The smallest absolute Gasteiger partial charge is 0.0590 e. The van der Waals surface area contributed by atoms with Crippen LogP contribution in [0.2, 0.25) is 0 Å². The number of piperidine rings is 1. The number of hydrogen-bond donors (Lipinski definition) is 2. The SMILES string of the molecule is CCC(CC)(CN)CN1CCC(O)C(C)C1. The minimum atomic E-state index is -0.105. The molecule has 2 unspecified atom stereocenters. The Morgan fingerprint density at radius 2 is 2.00 bits per heavy atom. The molecule has 0 aromatic heterocycles. The van der Waals surface area contributed by atoms with Gasteiger partial charge in [0, 0.05) is 19.6 Å². The molecule has 0 aliphatic carbocycles. The molecule has 0 amide bonds. The molecule has 3 nitrogen and oxygen atoms in total. The van der Waals surface area contributed by atoms with Crippen molar-refractivity contribution in [3.05, 3.63) is 0 Å². The highest BCUT2D eigenvalue weighted by Crippen LogP contribution is 2.28. The maximum absolute atomic E-state index is 9.71. The third kappa shape index (κ3) is 3.19. The molecule has 3 heteroatoms. The van der Waals surface area contributed by atoms with Crippen LogP contribution in [0.4, 0.5) is 0 Å². The van der Waals surface area contributed by atoms with E-state index in [4.69, 9.17) is 5.73 Å². The van der Waals surface area contributed by atoms with Gasteiger partial charge in [0.15, 0.2) is 0 Å². The summed E-state index contributed by atoms with van der Waals surface area (Å²) in [4.78, 5) is 2.48.